The fourth-order valence-corrected chi connectivity index (χ4v) is 1.18. The maximum atomic E-state index is 10.2. The van der Waals surface area contributed by atoms with Gasteiger partial charge in [-0.1, -0.05) is 0 Å². The van der Waals surface area contributed by atoms with Gasteiger partial charge in [-0.3, -0.25) is 4.79 Å². The Balaban J connectivity index is 2.42. The van der Waals surface area contributed by atoms with Gasteiger partial charge in [0.15, 0.2) is 0 Å². The summed E-state index contributed by atoms with van der Waals surface area (Å²) in [5.41, 5.74) is 0. The minimum atomic E-state index is -1.30. The number of ether oxygens (including phenoxy) is 2. The van der Waals surface area contributed by atoms with Crippen molar-refractivity contribution in [3.8, 4) is 0 Å². The lowest BCUT2D eigenvalue weighted by Crippen LogP contribution is -2.54. The van der Waals surface area contributed by atoms with Crippen LogP contribution < -0.4 is 0 Å². The van der Waals surface area contributed by atoms with Crippen molar-refractivity contribution < 1.29 is 29.6 Å². The first-order chi connectivity index (χ1) is 6.52. The molecule has 6 nitrogen and oxygen atoms in total. The molecule has 0 saturated carbocycles. The van der Waals surface area contributed by atoms with E-state index in [1.165, 1.54) is 0 Å². The number of carbonyl (C=O) groups is 1. The van der Waals surface area contributed by atoms with E-state index >= 15 is 0 Å². The van der Waals surface area contributed by atoms with Gasteiger partial charge < -0.3 is 24.8 Å². The molecule has 0 aromatic carbocycles. The van der Waals surface area contributed by atoms with Gasteiger partial charge in [0.25, 0.3) is 0 Å². The van der Waals surface area contributed by atoms with Gasteiger partial charge in [0.2, 0.25) is 13.7 Å². The standard InChI is InChI=1S/C7H11BO6/c8-7(12)14-2-4-6(11)5(10)3(9)1-13-4/h3-6,9-11H,1-2H2/t3-,4+,5?,6-/m0/s1. The summed E-state index contributed by atoms with van der Waals surface area (Å²) in [6, 6.07) is 0. The lowest BCUT2D eigenvalue weighted by molar-refractivity contribution is -0.194. The fraction of sp³-hybridized carbons (Fsp3) is 0.857. The highest BCUT2D eigenvalue weighted by Crippen LogP contribution is 2.15. The van der Waals surface area contributed by atoms with Gasteiger partial charge in [0.05, 0.1) is 6.61 Å². The quantitative estimate of drug-likeness (QED) is 0.438. The van der Waals surface area contributed by atoms with Crippen LogP contribution in [0, 0.1) is 0 Å². The number of aliphatic hydroxyl groups is 3. The molecule has 1 fully saturated rings. The lowest BCUT2D eigenvalue weighted by Gasteiger charge is -2.34. The van der Waals surface area contributed by atoms with E-state index in [0.717, 1.165) is 0 Å². The van der Waals surface area contributed by atoms with Crippen LogP contribution in [0.2, 0.25) is 0 Å². The highest BCUT2D eigenvalue weighted by Gasteiger charge is 2.37. The van der Waals surface area contributed by atoms with Crippen LogP contribution in [0.25, 0.3) is 0 Å². The van der Waals surface area contributed by atoms with Gasteiger partial charge in [-0.25, -0.2) is 0 Å². The molecule has 0 aromatic rings. The van der Waals surface area contributed by atoms with Crippen LogP contribution in [0.15, 0.2) is 0 Å². The second-order valence-corrected chi connectivity index (χ2v) is 3.05. The highest BCUT2D eigenvalue weighted by atomic mass is 16.6. The van der Waals surface area contributed by atoms with Gasteiger partial charge in [-0.2, -0.15) is 0 Å². The molecule has 1 aliphatic rings. The van der Waals surface area contributed by atoms with Crippen LogP contribution in [0.4, 0.5) is 4.79 Å². The SMILES string of the molecule is [B]C(=O)OC[C@H]1OC[C@H](O)C(O)[C@H]1O. The molecular formula is C7H11BO6. The van der Waals surface area contributed by atoms with E-state index in [9.17, 15) is 15.0 Å². The van der Waals surface area contributed by atoms with Gasteiger partial charge in [-0.05, 0) is 0 Å². The van der Waals surface area contributed by atoms with E-state index in [2.05, 4.69) is 4.74 Å². The summed E-state index contributed by atoms with van der Waals surface area (Å²) in [5.74, 6) is -0.985. The molecule has 1 saturated heterocycles. The molecule has 78 valence electrons. The third-order valence-electron chi connectivity index (χ3n) is 2.00. The largest absolute Gasteiger partial charge is 0.472 e. The maximum absolute atomic E-state index is 10.2. The van der Waals surface area contributed by atoms with E-state index in [1.54, 1.807) is 0 Å². The predicted molar refractivity (Wildman–Crippen MR) is 44.9 cm³/mol. The summed E-state index contributed by atoms with van der Waals surface area (Å²) in [5, 5.41) is 27.7. The minimum absolute atomic E-state index is 0.120. The van der Waals surface area contributed by atoms with Crippen LogP contribution in [0.5, 0.6) is 0 Å². The summed E-state index contributed by atoms with van der Waals surface area (Å²) in [6.07, 6.45) is -4.58. The van der Waals surface area contributed by atoms with Crippen LogP contribution in [0.1, 0.15) is 0 Å². The normalized spacial score (nSPS) is 37.9. The molecule has 0 bridgehead atoms. The van der Waals surface area contributed by atoms with Crippen molar-refractivity contribution in [1.29, 1.82) is 0 Å². The predicted octanol–water partition coefficient (Wildman–Crippen LogP) is -2.23. The average molecular weight is 202 g/mol. The molecule has 1 unspecified atom stereocenters. The molecule has 14 heavy (non-hydrogen) atoms. The summed E-state index contributed by atoms with van der Waals surface area (Å²) in [6.45, 7) is -0.370. The number of carbonyl (C=O) groups excluding carboxylic acids is 1. The molecule has 1 heterocycles. The zero-order valence-corrected chi connectivity index (χ0v) is 7.37. The second kappa shape index (κ2) is 4.74. The Hall–Kier alpha value is -0.625. The van der Waals surface area contributed by atoms with Crippen molar-refractivity contribution in [2.45, 2.75) is 24.4 Å². The second-order valence-electron chi connectivity index (χ2n) is 3.05. The Morgan fingerprint density at radius 1 is 1.43 bits per heavy atom. The first-order valence-electron chi connectivity index (χ1n) is 4.10. The maximum Gasteiger partial charge on any atom is 0.235 e. The number of rotatable bonds is 2. The Morgan fingerprint density at radius 2 is 2.07 bits per heavy atom. The van der Waals surface area contributed by atoms with E-state index in [1.807, 2.05) is 0 Å². The van der Waals surface area contributed by atoms with Crippen molar-refractivity contribution in [3.05, 3.63) is 0 Å². The molecule has 0 amide bonds. The lowest BCUT2D eigenvalue weighted by atomic mass is 10.0. The Kier molecular flexibility index (Phi) is 3.88. The fourth-order valence-electron chi connectivity index (χ4n) is 1.18. The molecule has 0 spiro atoms. The summed E-state index contributed by atoms with van der Waals surface area (Å²) in [7, 11) is 4.71. The molecule has 1 rings (SSSR count). The van der Waals surface area contributed by atoms with E-state index < -0.39 is 30.3 Å². The summed E-state index contributed by atoms with van der Waals surface area (Å²) < 4.78 is 9.33. The number of hydrogen-bond acceptors (Lipinski definition) is 6. The first-order valence-corrected chi connectivity index (χ1v) is 4.10. The molecule has 1 aliphatic heterocycles. The smallest absolute Gasteiger partial charge is 0.235 e. The van der Waals surface area contributed by atoms with E-state index in [0.29, 0.717) is 0 Å². The van der Waals surface area contributed by atoms with E-state index in [-0.39, 0.29) is 13.2 Å². The molecule has 0 aromatic heterocycles. The zero-order valence-electron chi connectivity index (χ0n) is 7.37. The molecular weight excluding hydrogens is 191 g/mol. The Labute approximate surface area is 81.8 Å². The van der Waals surface area contributed by atoms with Gasteiger partial charge >= 0.3 is 0 Å². The molecule has 7 heteroatoms. The van der Waals surface area contributed by atoms with Crippen molar-refractivity contribution in [2.24, 2.45) is 0 Å². The summed E-state index contributed by atoms with van der Waals surface area (Å²) >= 11 is 0. The van der Waals surface area contributed by atoms with Gasteiger partial charge in [0.1, 0.15) is 31.0 Å². The average Bonchev–Trinajstić information content (AvgIpc) is 2.13. The zero-order chi connectivity index (χ0) is 10.7. The highest BCUT2D eigenvalue weighted by molar-refractivity contribution is 6.55. The molecule has 0 aliphatic carbocycles. The van der Waals surface area contributed by atoms with Gasteiger partial charge in [-0.15, -0.1) is 0 Å². The third kappa shape index (κ3) is 2.68. The van der Waals surface area contributed by atoms with Gasteiger partial charge in [0, 0.05) is 0 Å². The topological polar surface area (TPSA) is 96.2 Å². The first kappa shape index (κ1) is 11.4. The minimum Gasteiger partial charge on any atom is -0.472 e. The van der Waals surface area contributed by atoms with Crippen molar-refractivity contribution in [1.82, 2.24) is 0 Å². The van der Waals surface area contributed by atoms with E-state index in [4.69, 9.17) is 17.7 Å². The Bertz CT molecular complexity index is 210. The van der Waals surface area contributed by atoms with Crippen LogP contribution >= 0.6 is 0 Å². The molecule has 3 N–H and O–H groups in total. The molecule has 4 atom stereocenters. The van der Waals surface area contributed by atoms with Crippen molar-refractivity contribution in [2.75, 3.05) is 13.2 Å². The number of hydrogen-bond donors (Lipinski definition) is 3. The third-order valence-corrected chi connectivity index (χ3v) is 2.00. The van der Waals surface area contributed by atoms with Crippen LogP contribution in [-0.2, 0) is 9.47 Å². The van der Waals surface area contributed by atoms with Crippen molar-refractivity contribution in [3.63, 3.8) is 0 Å². The van der Waals surface area contributed by atoms with Crippen LogP contribution in [-0.4, -0.2) is 66.7 Å². The monoisotopic (exact) mass is 202 g/mol. The Morgan fingerprint density at radius 3 is 2.64 bits per heavy atom. The van der Waals surface area contributed by atoms with Crippen molar-refractivity contribution >= 4 is 13.7 Å². The molecule has 2 radical (unpaired) electrons. The summed E-state index contributed by atoms with van der Waals surface area (Å²) in [4.78, 5) is 10.2. The number of aliphatic hydroxyl groups excluding tert-OH is 3. The van der Waals surface area contributed by atoms with Crippen LogP contribution in [0.3, 0.4) is 0 Å².